The summed E-state index contributed by atoms with van der Waals surface area (Å²) in [5.41, 5.74) is 5.46. The third kappa shape index (κ3) is 1.40. The van der Waals surface area contributed by atoms with Crippen LogP contribution in [0.2, 0.25) is 0 Å². The van der Waals surface area contributed by atoms with Gasteiger partial charge in [0, 0.05) is 13.0 Å². The van der Waals surface area contributed by atoms with E-state index >= 15 is 0 Å². The van der Waals surface area contributed by atoms with Crippen LogP contribution in [0.15, 0.2) is 0 Å². The molecule has 0 aromatic heterocycles. The maximum absolute atomic E-state index is 11.1. The van der Waals surface area contributed by atoms with Crippen LogP contribution in [0.5, 0.6) is 0 Å². The number of hydrogen-bond donors (Lipinski definition) is 1. The Morgan fingerprint density at radius 1 is 1.64 bits per heavy atom. The van der Waals surface area contributed by atoms with Crippen molar-refractivity contribution < 1.29 is 9.59 Å². The monoisotopic (exact) mass is 156 g/mol. The first-order valence-electron chi connectivity index (χ1n) is 3.76. The second-order valence-corrected chi connectivity index (χ2v) is 2.62. The molecule has 0 aliphatic carbocycles. The highest BCUT2D eigenvalue weighted by Crippen LogP contribution is 2.10. The quantitative estimate of drug-likeness (QED) is 0.520. The molecule has 0 saturated carbocycles. The number of likely N-dealkylation sites (N-methyl/N-ethyl adjacent to an activating group) is 1. The highest BCUT2D eigenvalue weighted by atomic mass is 16.2. The van der Waals surface area contributed by atoms with Gasteiger partial charge in [0.25, 0.3) is 0 Å². The summed E-state index contributed by atoms with van der Waals surface area (Å²) in [6, 6.07) is -0.465. The number of rotatable bonds is 1. The van der Waals surface area contributed by atoms with Crippen LogP contribution in [-0.4, -0.2) is 29.3 Å². The van der Waals surface area contributed by atoms with E-state index in [2.05, 4.69) is 0 Å². The average Bonchev–Trinajstić information content (AvgIpc) is 1.99. The molecule has 0 unspecified atom stereocenters. The fourth-order valence-electron chi connectivity index (χ4n) is 1.19. The SMILES string of the molecule is CCN1C(=O)CC[C@H](N)C1=O. The van der Waals surface area contributed by atoms with E-state index in [1.165, 1.54) is 4.90 Å². The zero-order chi connectivity index (χ0) is 8.43. The minimum absolute atomic E-state index is 0.0980. The minimum Gasteiger partial charge on any atom is -0.320 e. The van der Waals surface area contributed by atoms with E-state index < -0.39 is 6.04 Å². The van der Waals surface area contributed by atoms with Crippen molar-refractivity contribution in [3.63, 3.8) is 0 Å². The maximum Gasteiger partial charge on any atom is 0.246 e. The average molecular weight is 156 g/mol. The number of amides is 2. The van der Waals surface area contributed by atoms with Gasteiger partial charge in [-0.1, -0.05) is 0 Å². The van der Waals surface area contributed by atoms with Crippen molar-refractivity contribution >= 4 is 11.8 Å². The van der Waals surface area contributed by atoms with Gasteiger partial charge >= 0.3 is 0 Å². The third-order valence-corrected chi connectivity index (χ3v) is 1.87. The molecular formula is C7H12N2O2. The zero-order valence-corrected chi connectivity index (χ0v) is 6.54. The number of nitrogens with zero attached hydrogens (tertiary/aromatic N) is 1. The first kappa shape index (κ1) is 8.20. The predicted molar refractivity (Wildman–Crippen MR) is 39.6 cm³/mol. The predicted octanol–water partition coefficient (Wildman–Crippen LogP) is -0.517. The van der Waals surface area contributed by atoms with Crippen LogP contribution in [0.25, 0.3) is 0 Å². The molecule has 0 spiro atoms. The second-order valence-electron chi connectivity index (χ2n) is 2.62. The maximum atomic E-state index is 11.1. The van der Waals surface area contributed by atoms with Gasteiger partial charge in [-0.15, -0.1) is 0 Å². The van der Waals surface area contributed by atoms with Crippen LogP contribution in [0.1, 0.15) is 19.8 Å². The topological polar surface area (TPSA) is 63.4 Å². The molecule has 0 aromatic carbocycles. The Hall–Kier alpha value is -0.900. The molecule has 1 heterocycles. The van der Waals surface area contributed by atoms with E-state index in [1.54, 1.807) is 6.92 Å². The molecular weight excluding hydrogens is 144 g/mol. The standard InChI is InChI=1S/C7H12N2O2/c1-2-9-6(10)4-3-5(8)7(9)11/h5H,2-4,8H2,1H3/t5-/m0/s1. The number of imide groups is 1. The van der Waals surface area contributed by atoms with Crippen molar-refractivity contribution in [3.8, 4) is 0 Å². The van der Waals surface area contributed by atoms with Gasteiger partial charge in [0.2, 0.25) is 11.8 Å². The number of nitrogens with two attached hydrogens (primary N) is 1. The van der Waals surface area contributed by atoms with Gasteiger partial charge < -0.3 is 5.73 Å². The highest BCUT2D eigenvalue weighted by molar-refractivity contribution is 6.00. The van der Waals surface area contributed by atoms with Gasteiger partial charge in [-0.25, -0.2) is 0 Å². The highest BCUT2D eigenvalue weighted by Gasteiger charge is 2.30. The van der Waals surface area contributed by atoms with Crippen molar-refractivity contribution in [1.29, 1.82) is 0 Å². The van der Waals surface area contributed by atoms with E-state index in [0.29, 0.717) is 19.4 Å². The third-order valence-electron chi connectivity index (χ3n) is 1.87. The minimum atomic E-state index is -0.465. The van der Waals surface area contributed by atoms with Crippen molar-refractivity contribution in [2.24, 2.45) is 5.73 Å². The summed E-state index contributed by atoms with van der Waals surface area (Å²) in [4.78, 5) is 23.4. The van der Waals surface area contributed by atoms with Gasteiger partial charge in [-0.3, -0.25) is 14.5 Å². The summed E-state index contributed by atoms with van der Waals surface area (Å²) in [5.74, 6) is -0.331. The van der Waals surface area contributed by atoms with E-state index in [9.17, 15) is 9.59 Å². The summed E-state index contributed by atoms with van der Waals surface area (Å²) < 4.78 is 0. The first-order chi connectivity index (χ1) is 5.16. The molecule has 1 rings (SSSR count). The lowest BCUT2D eigenvalue weighted by Gasteiger charge is -2.27. The molecule has 1 atom stereocenters. The van der Waals surface area contributed by atoms with Gasteiger partial charge in [0.05, 0.1) is 6.04 Å². The van der Waals surface area contributed by atoms with E-state index in [4.69, 9.17) is 5.73 Å². The molecule has 62 valence electrons. The Morgan fingerprint density at radius 2 is 2.27 bits per heavy atom. The number of carbonyl (C=O) groups is 2. The Bertz CT molecular complexity index is 191. The molecule has 0 bridgehead atoms. The Kier molecular flexibility index (Phi) is 2.24. The molecule has 4 nitrogen and oxygen atoms in total. The molecule has 0 aromatic rings. The molecule has 1 aliphatic heterocycles. The van der Waals surface area contributed by atoms with Crippen molar-refractivity contribution in [2.75, 3.05) is 6.54 Å². The molecule has 1 fully saturated rings. The lowest BCUT2D eigenvalue weighted by molar-refractivity contribution is -0.148. The fourth-order valence-corrected chi connectivity index (χ4v) is 1.19. The summed E-state index contributed by atoms with van der Waals surface area (Å²) in [6.45, 7) is 2.21. The molecule has 0 radical (unpaired) electrons. The number of hydrogen-bond acceptors (Lipinski definition) is 3. The normalized spacial score (nSPS) is 26.0. The van der Waals surface area contributed by atoms with E-state index in [0.717, 1.165) is 0 Å². The summed E-state index contributed by atoms with van der Waals surface area (Å²) in [5, 5.41) is 0. The Balaban J connectivity index is 2.71. The first-order valence-corrected chi connectivity index (χ1v) is 3.76. The summed E-state index contributed by atoms with van der Waals surface area (Å²) in [6.07, 6.45) is 0.898. The van der Waals surface area contributed by atoms with Gasteiger partial charge in [-0.2, -0.15) is 0 Å². The Labute approximate surface area is 65.3 Å². The van der Waals surface area contributed by atoms with Gasteiger partial charge in [0.1, 0.15) is 0 Å². The van der Waals surface area contributed by atoms with Crippen LogP contribution >= 0.6 is 0 Å². The molecule has 2 N–H and O–H groups in total. The largest absolute Gasteiger partial charge is 0.320 e. The smallest absolute Gasteiger partial charge is 0.246 e. The molecule has 1 saturated heterocycles. The molecule has 4 heteroatoms. The number of likely N-dealkylation sites (tertiary alicyclic amines) is 1. The van der Waals surface area contributed by atoms with Crippen molar-refractivity contribution in [3.05, 3.63) is 0 Å². The van der Waals surface area contributed by atoms with Crippen LogP contribution < -0.4 is 5.73 Å². The van der Waals surface area contributed by atoms with Crippen molar-refractivity contribution in [1.82, 2.24) is 4.90 Å². The number of piperidine rings is 1. The van der Waals surface area contributed by atoms with Gasteiger partial charge in [0.15, 0.2) is 0 Å². The van der Waals surface area contributed by atoms with Gasteiger partial charge in [-0.05, 0) is 13.3 Å². The zero-order valence-electron chi connectivity index (χ0n) is 6.54. The lowest BCUT2D eigenvalue weighted by Crippen LogP contribution is -2.50. The van der Waals surface area contributed by atoms with Crippen LogP contribution in [-0.2, 0) is 9.59 Å². The van der Waals surface area contributed by atoms with Crippen LogP contribution in [0.4, 0.5) is 0 Å². The molecule has 1 aliphatic rings. The fraction of sp³-hybridized carbons (Fsp3) is 0.714. The summed E-state index contributed by atoms with van der Waals surface area (Å²) >= 11 is 0. The Morgan fingerprint density at radius 3 is 2.73 bits per heavy atom. The van der Waals surface area contributed by atoms with Crippen LogP contribution in [0, 0.1) is 0 Å². The van der Waals surface area contributed by atoms with Crippen molar-refractivity contribution in [2.45, 2.75) is 25.8 Å². The lowest BCUT2D eigenvalue weighted by atomic mass is 10.1. The van der Waals surface area contributed by atoms with E-state index in [-0.39, 0.29) is 11.8 Å². The molecule has 2 amide bonds. The number of carbonyl (C=O) groups excluding carboxylic acids is 2. The van der Waals surface area contributed by atoms with Crippen LogP contribution in [0.3, 0.4) is 0 Å². The molecule has 11 heavy (non-hydrogen) atoms. The van der Waals surface area contributed by atoms with E-state index in [1.807, 2.05) is 0 Å². The summed E-state index contributed by atoms with van der Waals surface area (Å²) in [7, 11) is 0. The second kappa shape index (κ2) is 3.00.